The van der Waals surface area contributed by atoms with Gasteiger partial charge < -0.3 is 105 Å². The number of carbonyl (C=O) groups is 16. The third kappa shape index (κ3) is 30.1. The van der Waals surface area contributed by atoms with E-state index in [-0.39, 0.29) is 50.5 Å². The van der Waals surface area contributed by atoms with Crippen LogP contribution >= 0.6 is 21.6 Å². The van der Waals surface area contributed by atoms with Gasteiger partial charge in [-0.3, -0.25) is 71.9 Å². The van der Waals surface area contributed by atoms with Gasteiger partial charge in [0.25, 0.3) is 0 Å². The molecule has 20 N–H and O–H groups in total. The second-order valence-electron chi connectivity index (χ2n) is 29.5. The first-order chi connectivity index (χ1) is 52.1. The summed E-state index contributed by atoms with van der Waals surface area (Å²) in [5.74, 6) is -20.2. The maximum Gasteiger partial charge on any atom is 0.328 e. The van der Waals surface area contributed by atoms with Gasteiger partial charge in [0.15, 0.2) is 6.04 Å². The molecule has 0 aliphatic carbocycles. The Balaban J connectivity index is 1.67. The van der Waals surface area contributed by atoms with Gasteiger partial charge >= 0.3 is 17.9 Å². The van der Waals surface area contributed by atoms with Gasteiger partial charge in [0.1, 0.15) is 66.5 Å². The maximum absolute atomic E-state index is 15.1. The highest BCUT2D eigenvalue weighted by Crippen LogP contribution is 2.26. The third-order valence-corrected chi connectivity index (χ3v) is 19.9. The monoisotopic (exact) mass is 1590 g/mol. The normalized spacial score (nSPS) is 22.9. The Morgan fingerprint density at radius 1 is 0.550 bits per heavy atom. The van der Waals surface area contributed by atoms with E-state index in [1.807, 2.05) is 20.8 Å². The zero-order chi connectivity index (χ0) is 82.7. The zero-order valence-corrected chi connectivity index (χ0v) is 65.8. The minimum atomic E-state index is -1.97. The second-order valence-corrected chi connectivity index (χ2v) is 32.0. The van der Waals surface area contributed by atoms with E-state index < -0.39 is 222 Å². The van der Waals surface area contributed by atoms with Gasteiger partial charge in [0, 0.05) is 77.4 Å². The lowest BCUT2D eigenvalue weighted by molar-refractivity contribution is -0.145. The van der Waals surface area contributed by atoms with Crippen molar-refractivity contribution in [2.24, 2.45) is 17.8 Å². The Kier molecular flexibility index (Phi) is 35.6. The molecule has 1 fully saturated rings. The van der Waals surface area contributed by atoms with Crippen molar-refractivity contribution in [3.8, 4) is 0 Å². The van der Waals surface area contributed by atoms with E-state index in [0.29, 0.717) is 32.9 Å². The molecule has 1 aliphatic heterocycles. The molecule has 3 heterocycles. The first-order valence-electron chi connectivity index (χ1n) is 36.4. The number of benzene rings is 2. The Labute approximate surface area is 649 Å². The number of carboxylic acids is 3. The molecule has 13 atom stereocenters. The maximum atomic E-state index is 15.1. The Hall–Kier alpha value is -10.3. The summed E-state index contributed by atoms with van der Waals surface area (Å²) in [6, 6.07) is -5.73. The molecule has 0 radical (unpaired) electrons. The average Bonchev–Trinajstić information content (AvgIpc) is 1.70. The van der Waals surface area contributed by atoms with Gasteiger partial charge in [-0.05, 0) is 108 Å². The number of carbonyl (C=O) groups excluding carboxylic acids is 13. The number of nitrogens with one attached hydrogen (secondary N) is 16. The number of hydrogen-bond acceptors (Lipinski definition) is 20. The highest BCUT2D eigenvalue weighted by atomic mass is 33.1. The van der Waals surface area contributed by atoms with Gasteiger partial charge in [-0.2, -0.15) is 0 Å². The van der Waals surface area contributed by atoms with Crippen LogP contribution in [0.1, 0.15) is 133 Å². The first kappa shape index (κ1) is 91.3. The number of aromatic amines is 2. The van der Waals surface area contributed by atoms with Crippen LogP contribution in [-0.4, -0.2) is 234 Å². The fourth-order valence-electron chi connectivity index (χ4n) is 11.8. The van der Waals surface area contributed by atoms with Crippen LogP contribution in [0.3, 0.4) is 0 Å². The van der Waals surface area contributed by atoms with Crippen LogP contribution < -0.4 is 74.4 Å². The summed E-state index contributed by atoms with van der Waals surface area (Å²) in [7, 11) is 1.50. The summed E-state index contributed by atoms with van der Waals surface area (Å²) in [5.41, 5.74) is 1.69. The first-order valence-corrected chi connectivity index (χ1v) is 38.9. The molecular weight excluding hydrogens is 1490 g/mol. The van der Waals surface area contributed by atoms with E-state index >= 15 is 9.59 Å². The fourth-order valence-corrected chi connectivity index (χ4v) is 14.1. The van der Waals surface area contributed by atoms with Crippen molar-refractivity contribution in [3.05, 3.63) is 72.1 Å². The van der Waals surface area contributed by atoms with Crippen LogP contribution in [-0.2, 0) is 89.6 Å². The molecule has 610 valence electrons. The topological polar surface area (TPSA) is 554 Å². The number of aliphatic hydroxyl groups is 1. The van der Waals surface area contributed by atoms with E-state index in [4.69, 9.17) is 0 Å². The highest BCUT2D eigenvalue weighted by Gasteiger charge is 2.39. The molecule has 0 bridgehead atoms. The Morgan fingerprint density at radius 3 is 1.54 bits per heavy atom. The molecule has 5 rings (SSSR count). The predicted octanol–water partition coefficient (Wildman–Crippen LogP) is -0.866. The number of rotatable bonds is 24. The van der Waals surface area contributed by atoms with E-state index in [9.17, 15) is 87.5 Å². The van der Waals surface area contributed by atoms with Gasteiger partial charge in [0.2, 0.25) is 76.8 Å². The third-order valence-electron chi connectivity index (χ3n) is 17.5. The number of carboxylic acid groups (broad SMARTS) is 3. The van der Waals surface area contributed by atoms with Crippen molar-refractivity contribution in [1.82, 2.24) is 84.4 Å². The van der Waals surface area contributed by atoms with E-state index in [1.165, 1.54) is 6.92 Å². The van der Waals surface area contributed by atoms with Crippen LogP contribution in [0.25, 0.3) is 21.8 Å². The molecule has 13 amide bonds. The number of aromatic nitrogens is 2. The molecule has 0 spiro atoms. The number of para-hydroxylation sites is 2. The van der Waals surface area contributed by atoms with Crippen LogP contribution in [0.15, 0.2) is 60.9 Å². The predicted molar refractivity (Wildman–Crippen MR) is 411 cm³/mol. The molecule has 36 nitrogen and oxygen atoms in total. The minimum absolute atomic E-state index is 0.0340. The Bertz CT molecular complexity index is 3970. The summed E-state index contributed by atoms with van der Waals surface area (Å²) in [6.07, 6.45) is -1.57. The summed E-state index contributed by atoms with van der Waals surface area (Å²) in [6.45, 7) is 18.1. The van der Waals surface area contributed by atoms with Crippen molar-refractivity contribution in [1.29, 1.82) is 0 Å². The van der Waals surface area contributed by atoms with Crippen molar-refractivity contribution in [3.63, 3.8) is 0 Å². The van der Waals surface area contributed by atoms with Gasteiger partial charge in [-0.15, -0.1) is 0 Å². The largest absolute Gasteiger partial charge is 0.481 e. The van der Waals surface area contributed by atoms with Crippen molar-refractivity contribution >= 4 is 138 Å². The number of aliphatic carboxylic acids is 3. The Morgan fingerprint density at radius 2 is 1.04 bits per heavy atom. The summed E-state index contributed by atoms with van der Waals surface area (Å²) in [5, 5.41) is 77.4. The van der Waals surface area contributed by atoms with E-state index in [0.717, 1.165) is 35.4 Å². The molecule has 1 saturated heterocycles. The van der Waals surface area contributed by atoms with Crippen LogP contribution in [0.4, 0.5) is 0 Å². The molecular formula is C73H106N16O20S2. The standard InChI is InChI=1S/C73H106N16O20S2/c1-35(2)25-49-62(98)76-32-56(92)80-47(21-22-57(93)94)63(99)84-50(26-36(3)4)68(104)88-59(37(5)6)71(107)85-52(28-42-31-75-46-20-16-14-18-44(42)46)66(102)87-55(70(106)89-60(39(8)90)72(108)109)34-111-110-33-54(86-67(103)53(29-58(95)96)79-40(9)91)69(105)78-38(7)61(97)82-51(27-41-30-74-45-19-15-13-17-43(41)45)65(101)81-48(64(100)83-49)23-24-77-73(10,11)12/h13-20,30-31,35-39,47-55,59-60,74-75,77,90H,21-29,32-34H2,1-12H3,(H,76,98)(H,78,105)(H,79,91)(H,80,92)(H,81,101)(H,82,97)(H,83,100)(H,84,99)(H,85,107)(H,86,103)(H,87,102)(H,88,104)(H,89,106)(H,93,94)(H,95,96)(H,108,109)/t38-,39+,47-,48-,49-,50-,51-,52-,53-,54-,55-,59-,60-/m0/s1. The van der Waals surface area contributed by atoms with Crippen LogP contribution in [0, 0.1) is 17.8 Å². The lowest BCUT2D eigenvalue weighted by Crippen LogP contribution is -2.61. The molecule has 2 aromatic heterocycles. The minimum Gasteiger partial charge on any atom is -0.481 e. The van der Waals surface area contributed by atoms with Crippen molar-refractivity contribution in [2.45, 2.75) is 219 Å². The summed E-state index contributed by atoms with van der Waals surface area (Å²) >= 11 is 0. The summed E-state index contributed by atoms with van der Waals surface area (Å²) in [4.78, 5) is 230. The quantitative estimate of drug-likeness (QED) is 0.0379. The van der Waals surface area contributed by atoms with E-state index in [1.54, 1.807) is 102 Å². The number of hydrogen-bond donors (Lipinski definition) is 20. The van der Waals surface area contributed by atoms with Gasteiger partial charge in [0.05, 0.1) is 19.1 Å². The number of amides is 13. The molecule has 0 unspecified atom stereocenters. The molecule has 2 aromatic carbocycles. The number of H-pyrrole nitrogens is 2. The highest BCUT2D eigenvalue weighted by molar-refractivity contribution is 8.76. The lowest BCUT2D eigenvalue weighted by Gasteiger charge is -2.29. The van der Waals surface area contributed by atoms with Crippen LogP contribution in [0.2, 0.25) is 0 Å². The zero-order valence-electron chi connectivity index (χ0n) is 64.1. The molecule has 1 aliphatic rings. The van der Waals surface area contributed by atoms with Gasteiger partial charge in [-0.25, -0.2) is 4.79 Å². The number of aliphatic hydroxyl groups excluding tert-OH is 1. The molecule has 4 aromatic rings. The van der Waals surface area contributed by atoms with Gasteiger partial charge in [-0.1, -0.05) is 99.5 Å². The van der Waals surface area contributed by atoms with Crippen LogP contribution in [0.5, 0.6) is 0 Å². The SMILES string of the molecule is CC(=O)N[C@@H](CC(=O)O)C(=O)N[C@H]1CSSC[C@@H](C(=O)N[C@H](C(=O)O)[C@@H](C)O)NC(=O)[C@H](Cc2c[nH]c3ccccc23)NC(=O)[C@H](C(C)C)NC(=O)[C@H](CC(C)C)NC(=O)[C@H](CCC(=O)O)NC(=O)CNC(=O)[C@H](CC(C)C)NC(=O)[C@H](CCNC(C)(C)C)NC(=O)[C@H](Cc2c[nH]c3ccccc23)NC(=O)[C@H](C)NC1=O. The second kappa shape index (κ2) is 43.3. The van der Waals surface area contributed by atoms with E-state index in [2.05, 4.69) is 84.4 Å². The molecule has 0 saturated carbocycles. The molecule has 38 heteroatoms. The molecule has 111 heavy (non-hydrogen) atoms. The fraction of sp³-hybridized carbons (Fsp3) is 0.562. The summed E-state index contributed by atoms with van der Waals surface area (Å²) < 4.78 is 0. The number of fused-ring (bicyclic) bond motifs is 2. The van der Waals surface area contributed by atoms with Crippen molar-refractivity contribution < 1.29 is 97.1 Å². The smallest absolute Gasteiger partial charge is 0.328 e. The average molecular weight is 1590 g/mol. The lowest BCUT2D eigenvalue weighted by atomic mass is 9.98. The van der Waals surface area contributed by atoms with Crippen molar-refractivity contribution in [2.75, 3.05) is 24.6 Å².